The highest BCUT2D eigenvalue weighted by Crippen LogP contribution is 2.39. The average molecular weight is 529 g/mol. The van der Waals surface area contributed by atoms with Gasteiger partial charge < -0.3 is 9.64 Å². The largest absolute Gasteiger partial charge is 0.486 e. The van der Waals surface area contributed by atoms with Crippen molar-refractivity contribution in [1.29, 1.82) is 0 Å². The molecule has 3 aliphatic heterocycles. The third-order valence-electron chi connectivity index (χ3n) is 7.79. The Hall–Kier alpha value is -2.52. The van der Waals surface area contributed by atoms with E-state index in [2.05, 4.69) is 21.8 Å². The third kappa shape index (κ3) is 5.67. The number of hydrogen-bond acceptors (Lipinski definition) is 6. The predicted molar refractivity (Wildman–Crippen MR) is 144 cm³/mol. The van der Waals surface area contributed by atoms with Crippen molar-refractivity contribution in [3.63, 3.8) is 0 Å². The molecule has 4 heterocycles. The van der Waals surface area contributed by atoms with Gasteiger partial charge in [0.05, 0.1) is 5.75 Å². The van der Waals surface area contributed by atoms with Crippen molar-refractivity contribution in [2.75, 3.05) is 36.8 Å². The lowest BCUT2D eigenvalue weighted by molar-refractivity contribution is 0.134. The van der Waals surface area contributed by atoms with Crippen LogP contribution >= 0.6 is 0 Å². The van der Waals surface area contributed by atoms with Gasteiger partial charge >= 0.3 is 0 Å². The molecular formula is C28H37FN4O3S. The molecule has 1 aromatic carbocycles. The zero-order valence-electron chi connectivity index (χ0n) is 21.8. The summed E-state index contributed by atoms with van der Waals surface area (Å²) in [5, 5.41) is 0. The first-order valence-electron chi connectivity index (χ1n) is 13.6. The molecule has 9 heteroatoms. The van der Waals surface area contributed by atoms with E-state index in [0.717, 1.165) is 61.4 Å². The number of halogens is 1. The molecule has 1 atom stereocenters. The second-order valence-corrected chi connectivity index (χ2v) is 12.5. The van der Waals surface area contributed by atoms with Crippen LogP contribution in [0.4, 0.5) is 10.3 Å². The minimum Gasteiger partial charge on any atom is -0.486 e. The van der Waals surface area contributed by atoms with Gasteiger partial charge in [-0.05, 0) is 66.9 Å². The Morgan fingerprint density at radius 3 is 2.49 bits per heavy atom. The van der Waals surface area contributed by atoms with Crippen molar-refractivity contribution in [3.05, 3.63) is 53.1 Å². The van der Waals surface area contributed by atoms with Crippen LogP contribution in [0.25, 0.3) is 5.57 Å². The first-order valence-corrected chi connectivity index (χ1v) is 15.2. The molecule has 7 nitrogen and oxygen atoms in total. The molecular weight excluding hydrogens is 491 g/mol. The molecule has 0 radical (unpaired) electrons. The van der Waals surface area contributed by atoms with E-state index in [0.29, 0.717) is 44.0 Å². The van der Waals surface area contributed by atoms with Crippen LogP contribution in [0.3, 0.4) is 0 Å². The van der Waals surface area contributed by atoms with Gasteiger partial charge in [-0.25, -0.2) is 22.8 Å². The van der Waals surface area contributed by atoms with Crippen LogP contribution in [0.5, 0.6) is 5.75 Å². The molecule has 37 heavy (non-hydrogen) atoms. The molecule has 1 saturated heterocycles. The Balaban J connectivity index is 1.20. The van der Waals surface area contributed by atoms with Crippen molar-refractivity contribution >= 4 is 21.5 Å². The van der Waals surface area contributed by atoms with Gasteiger partial charge in [-0.3, -0.25) is 0 Å². The van der Waals surface area contributed by atoms with E-state index >= 15 is 4.39 Å². The number of benzene rings is 1. The van der Waals surface area contributed by atoms with Gasteiger partial charge in [0.25, 0.3) is 0 Å². The Morgan fingerprint density at radius 1 is 1.08 bits per heavy atom. The Kier molecular flexibility index (Phi) is 7.81. The van der Waals surface area contributed by atoms with Gasteiger partial charge in [-0.2, -0.15) is 4.31 Å². The summed E-state index contributed by atoms with van der Waals surface area (Å²) < 4.78 is 47.5. The van der Waals surface area contributed by atoms with Gasteiger partial charge in [0.15, 0.2) is 11.6 Å². The maximum Gasteiger partial charge on any atom is 0.225 e. The molecule has 200 valence electrons. The molecule has 0 saturated carbocycles. The van der Waals surface area contributed by atoms with Crippen LogP contribution in [0.1, 0.15) is 62.6 Å². The minimum atomic E-state index is -3.22. The van der Waals surface area contributed by atoms with Crippen LogP contribution < -0.4 is 9.64 Å². The van der Waals surface area contributed by atoms with Gasteiger partial charge in [-0.15, -0.1) is 0 Å². The monoisotopic (exact) mass is 528 g/mol. The van der Waals surface area contributed by atoms with Crippen LogP contribution in [0, 0.1) is 11.7 Å². The van der Waals surface area contributed by atoms with Crippen molar-refractivity contribution in [2.24, 2.45) is 5.92 Å². The molecule has 1 aromatic heterocycles. The number of nitrogens with zero attached hydrogens (tertiary/aromatic N) is 4. The smallest absolute Gasteiger partial charge is 0.225 e. The normalized spacial score (nSPS) is 21.0. The maximum atomic E-state index is 15.1. The van der Waals surface area contributed by atoms with Crippen LogP contribution in [-0.4, -0.2) is 60.7 Å². The van der Waals surface area contributed by atoms with Gasteiger partial charge in [0.1, 0.15) is 6.10 Å². The van der Waals surface area contributed by atoms with E-state index in [-0.39, 0.29) is 17.7 Å². The SMILES string of the molecule is CCCc1cnc(N2CCC([C@H]3Cc4cc(C5=CCN(S(=O)(=O)CCC)CC5)cc(F)c4O3)CC2)nc1. The zero-order valence-corrected chi connectivity index (χ0v) is 22.6. The van der Waals surface area contributed by atoms with Crippen molar-refractivity contribution in [3.8, 4) is 5.75 Å². The third-order valence-corrected chi connectivity index (χ3v) is 9.83. The number of anilines is 1. The molecule has 0 amide bonds. The highest BCUT2D eigenvalue weighted by Gasteiger charge is 2.35. The van der Waals surface area contributed by atoms with Crippen LogP contribution in [0.15, 0.2) is 30.6 Å². The highest BCUT2D eigenvalue weighted by atomic mass is 32.2. The second kappa shape index (κ2) is 11.1. The quantitative estimate of drug-likeness (QED) is 0.498. The molecule has 0 unspecified atom stereocenters. The van der Waals surface area contributed by atoms with E-state index in [9.17, 15) is 8.42 Å². The summed E-state index contributed by atoms with van der Waals surface area (Å²) in [6.07, 6.45) is 11.7. The average Bonchev–Trinajstić information content (AvgIpc) is 3.35. The number of aryl methyl sites for hydroxylation is 1. The van der Waals surface area contributed by atoms with Crippen LogP contribution in [-0.2, 0) is 22.9 Å². The number of sulfonamides is 1. The topological polar surface area (TPSA) is 75.6 Å². The molecule has 3 aliphatic rings. The summed E-state index contributed by atoms with van der Waals surface area (Å²) in [5.41, 5.74) is 3.93. The molecule has 5 rings (SSSR count). The predicted octanol–water partition coefficient (Wildman–Crippen LogP) is 4.62. The lowest BCUT2D eigenvalue weighted by Crippen LogP contribution is -2.40. The minimum absolute atomic E-state index is 0.0234. The number of rotatable bonds is 8. The summed E-state index contributed by atoms with van der Waals surface area (Å²) in [6, 6.07) is 3.59. The summed E-state index contributed by atoms with van der Waals surface area (Å²) in [4.78, 5) is 11.4. The molecule has 0 bridgehead atoms. The summed E-state index contributed by atoms with van der Waals surface area (Å²) in [5.74, 6) is 1.37. The van der Waals surface area contributed by atoms with Crippen molar-refractivity contribution in [1.82, 2.24) is 14.3 Å². The lowest BCUT2D eigenvalue weighted by atomic mass is 9.88. The van der Waals surface area contributed by atoms with E-state index in [4.69, 9.17) is 4.74 Å². The lowest BCUT2D eigenvalue weighted by Gasteiger charge is -2.34. The molecule has 0 N–H and O–H groups in total. The fourth-order valence-corrected chi connectivity index (χ4v) is 7.19. The van der Waals surface area contributed by atoms with E-state index in [1.165, 1.54) is 9.87 Å². The highest BCUT2D eigenvalue weighted by molar-refractivity contribution is 7.89. The Bertz CT molecular complexity index is 1240. The van der Waals surface area contributed by atoms with Gasteiger partial charge in [0, 0.05) is 50.6 Å². The van der Waals surface area contributed by atoms with E-state index in [1.807, 2.05) is 31.5 Å². The molecule has 0 spiro atoms. The molecule has 1 fully saturated rings. The van der Waals surface area contributed by atoms with Gasteiger partial charge in [0.2, 0.25) is 16.0 Å². The summed E-state index contributed by atoms with van der Waals surface area (Å²) in [7, 11) is -3.22. The standard InChI is InChI=1S/C28H37FN4O3S/c1-3-5-20-18-30-28(31-19-20)32-10-6-22(7-11-32)26-17-24-15-23(16-25(29)27(24)36-26)21-8-12-33(13-9-21)37(34,35)14-4-2/h8,15-16,18-19,22,26H,3-7,9-14,17H2,1-2H3/t26-/m1/s1. The second-order valence-electron chi connectivity index (χ2n) is 10.4. The number of piperidine rings is 1. The van der Waals surface area contributed by atoms with Gasteiger partial charge in [-0.1, -0.05) is 26.3 Å². The first kappa shape index (κ1) is 26.1. The van der Waals surface area contributed by atoms with Crippen LogP contribution in [0.2, 0.25) is 0 Å². The number of fused-ring (bicyclic) bond motifs is 1. The first-order chi connectivity index (χ1) is 17.9. The zero-order chi connectivity index (χ0) is 26.0. The Morgan fingerprint density at radius 2 is 1.84 bits per heavy atom. The van der Waals surface area contributed by atoms with Crippen molar-refractivity contribution in [2.45, 2.75) is 64.9 Å². The Labute approximate surface area is 219 Å². The number of hydrogen-bond donors (Lipinski definition) is 0. The van der Waals surface area contributed by atoms with E-state index < -0.39 is 10.0 Å². The maximum absolute atomic E-state index is 15.1. The number of ether oxygens (including phenoxy) is 1. The van der Waals surface area contributed by atoms with Crippen molar-refractivity contribution < 1.29 is 17.5 Å². The molecule has 2 aromatic rings. The summed E-state index contributed by atoms with van der Waals surface area (Å²) >= 11 is 0. The fraction of sp³-hybridized carbons (Fsp3) is 0.571. The molecule has 0 aliphatic carbocycles. The van der Waals surface area contributed by atoms with E-state index in [1.54, 1.807) is 6.07 Å². The fourth-order valence-electron chi connectivity index (χ4n) is 5.74. The number of aromatic nitrogens is 2. The summed E-state index contributed by atoms with van der Waals surface area (Å²) in [6.45, 7) is 6.54.